The van der Waals surface area contributed by atoms with Crippen LogP contribution in [0.1, 0.15) is 30.5 Å². The van der Waals surface area contributed by atoms with Crippen molar-refractivity contribution in [1.29, 1.82) is 0 Å². The molecule has 0 heterocycles. The molecule has 0 aliphatic carbocycles. The van der Waals surface area contributed by atoms with Gasteiger partial charge >= 0.3 is 0 Å². The summed E-state index contributed by atoms with van der Waals surface area (Å²) < 4.78 is 31.7. The predicted octanol–water partition coefficient (Wildman–Crippen LogP) is 5.71. The Labute approximate surface area is 119 Å². The standard InChI is InChI=1S/C15H14F2O.C2H6/c1-9-4-5-12(6-10(9)2)18-15-8-14(17)13(16)7-11(15)3;1-2/h4-8H,1-3H3;1-2H3. The van der Waals surface area contributed by atoms with Crippen LogP contribution in [0.2, 0.25) is 0 Å². The van der Waals surface area contributed by atoms with Crippen LogP contribution in [-0.4, -0.2) is 0 Å². The summed E-state index contributed by atoms with van der Waals surface area (Å²) >= 11 is 0. The lowest BCUT2D eigenvalue weighted by Crippen LogP contribution is -1.93. The maximum Gasteiger partial charge on any atom is 0.162 e. The number of rotatable bonds is 2. The molecule has 0 N–H and O–H groups in total. The molecule has 2 aromatic carbocycles. The van der Waals surface area contributed by atoms with Crippen LogP contribution < -0.4 is 4.74 Å². The number of aryl methyl sites for hydroxylation is 3. The summed E-state index contributed by atoms with van der Waals surface area (Å²) in [6, 6.07) is 7.81. The van der Waals surface area contributed by atoms with Gasteiger partial charge in [0.05, 0.1) is 0 Å². The van der Waals surface area contributed by atoms with E-state index in [-0.39, 0.29) is 0 Å². The molecule has 0 aromatic heterocycles. The molecule has 0 radical (unpaired) electrons. The number of hydrogen-bond acceptors (Lipinski definition) is 1. The molecule has 0 amide bonds. The first kappa shape index (κ1) is 16.2. The first-order valence-corrected chi connectivity index (χ1v) is 6.68. The monoisotopic (exact) mass is 278 g/mol. The van der Waals surface area contributed by atoms with Crippen molar-refractivity contribution in [2.45, 2.75) is 34.6 Å². The normalized spacial score (nSPS) is 9.75. The Morgan fingerprint density at radius 2 is 1.35 bits per heavy atom. The second kappa shape index (κ2) is 7.04. The third kappa shape index (κ3) is 3.80. The predicted molar refractivity (Wildman–Crippen MR) is 78.4 cm³/mol. The molecule has 0 spiro atoms. The number of halogens is 2. The Morgan fingerprint density at radius 1 is 0.750 bits per heavy atom. The fourth-order valence-electron chi connectivity index (χ4n) is 1.64. The zero-order valence-corrected chi connectivity index (χ0v) is 12.6. The van der Waals surface area contributed by atoms with E-state index in [0.29, 0.717) is 17.1 Å². The summed E-state index contributed by atoms with van der Waals surface area (Å²) in [5.41, 5.74) is 2.81. The van der Waals surface area contributed by atoms with Crippen molar-refractivity contribution in [3.05, 3.63) is 58.7 Å². The minimum Gasteiger partial charge on any atom is -0.457 e. The lowest BCUT2D eigenvalue weighted by molar-refractivity contribution is 0.457. The van der Waals surface area contributed by atoms with Crippen molar-refractivity contribution < 1.29 is 13.5 Å². The van der Waals surface area contributed by atoms with Gasteiger partial charge in [-0.25, -0.2) is 8.78 Å². The average Bonchev–Trinajstić information content (AvgIpc) is 2.42. The fourth-order valence-corrected chi connectivity index (χ4v) is 1.64. The van der Waals surface area contributed by atoms with Gasteiger partial charge in [-0.05, 0) is 55.7 Å². The van der Waals surface area contributed by atoms with Crippen LogP contribution in [0.3, 0.4) is 0 Å². The van der Waals surface area contributed by atoms with E-state index in [1.807, 2.05) is 45.9 Å². The molecule has 0 fully saturated rings. The summed E-state index contributed by atoms with van der Waals surface area (Å²) in [7, 11) is 0. The highest BCUT2D eigenvalue weighted by molar-refractivity contribution is 5.40. The molecule has 0 saturated heterocycles. The average molecular weight is 278 g/mol. The molecular formula is C17H20F2O. The van der Waals surface area contributed by atoms with Gasteiger partial charge in [-0.15, -0.1) is 0 Å². The summed E-state index contributed by atoms with van der Waals surface area (Å²) in [5, 5.41) is 0. The Hall–Kier alpha value is -1.90. The van der Waals surface area contributed by atoms with E-state index in [1.165, 1.54) is 0 Å². The zero-order valence-electron chi connectivity index (χ0n) is 12.6. The van der Waals surface area contributed by atoms with Gasteiger partial charge in [-0.1, -0.05) is 19.9 Å². The van der Waals surface area contributed by atoms with Crippen LogP contribution in [0, 0.1) is 32.4 Å². The molecule has 0 aliphatic rings. The topological polar surface area (TPSA) is 9.23 Å². The van der Waals surface area contributed by atoms with Crippen LogP contribution in [0.25, 0.3) is 0 Å². The minimum absolute atomic E-state index is 0.331. The highest BCUT2D eigenvalue weighted by atomic mass is 19.2. The lowest BCUT2D eigenvalue weighted by atomic mass is 10.1. The maximum absolute atomic E-state index is 13.2. The van der Waals surface area contributed by atoms with Crippen molar-refractivity contribution in [2.75, 3.05) is 0 Å². The molecular weight excluding hydrogens is 258 g/mol. The largest absolute Gasteiger partial charge is 0.457 e. The maximum atomic E-state index is 13.2. The number of ether oxygens (including phenoxy) is 1. The highest BCUT2D eigenvalue weighted by Gasteiger charge is 2.09. The molecule has 2 aromatic rings. The van der Waals surface area contributed by atoms with E-state index in [9.17, 15) is 8.78 Å². The van der Waals surface area contributed by atoms with Crippen LogP contribution in [-0.2, 0) is 0 Å². The minimum atomic E-state index is -0.903. The van der Waals surface area contributed by atoms with E-state index in [1.54, 1.807) is 6.92 Å². The van der Waals surface area contributed by atoms with Crippen LogP contribution in [0.15, 0.2) is 30.3 Å². The summed E-state index contributed by atoms with van der Waals surface area (Å²) in [6.45, 7) is 9.65. The Balaban J connectivity index is 0.000000956. The molecule has 0 aliphatic heterocycles. The second-order valence-electron chi connectivity index (χ2n) is 4.38. The molecule has 0 saturated carbocycles. The first-order chi connectivity index (χ1) is 9.47. The van der Waals surface area contributed by atoms with Crippen molar-refractivity contribution in [3.63, 3.8) is 0 Å². The number of hydrogen-bond donors (Lipinski definition) is 0. The van der Waals surface area contributed by atoms with E-state index in [4.69, 9.17) is 4.74 Å². The number of benzene rings is 2. The van der Waals surface area contributed by atoms with Crippen molar-refractivity contribution in [2.24, 2.45) is 0 Å². The Kier molecular flexibility index (Phi) is 5.68. The smallest absolute Gasteiger partial charge is 0.162 e. The Bertz CT molecular complexity index is 592. The van der Waals surface area contributed by atoms with Crippen LogP contribution in [0.4, 0.5) is 8.78 Å². The van der Waals surface area contributed by atoms with Crippen molar-refractivity contribution >= 4 is 0 Å². The van der Waals surface area contributed by atoms with Crippen LogP contribution in [0.5, 0.6) is 11.5 Å². The van der Waals surface area contributed by atoms with E-state index in [0.717, 1.165) is 23.3 Å². The van der Waals surface area contributed by atoms with Gasteiger partial charge in [-0.3, -0.25) is 0 Å². The van der Waals surface area contributed by atoms with Crippen molar-refractivity contribution in [1.82, 2.24) is 0 Å². The van der Waals surface area contributed by atoms with Crippen LogP contribution >= 0.6 is 0 Å². The third-order valence-electron chi connectivity index (χ3n) is 2.92. The van der Waals surface area contributed by atoms with Gasteiger partial charge in [-0.2, -0.15) is 0 Å². The molecule has 0 unspecified atom stereocenters. The molecule has 2 rings (SSSR count). The van der Waals surface area contributed by atoms with Crippen molar-refractivity contribution in [3.8, 4) is 11.5 Å². The van der Waals surface area contributed by atoms with Gasteiger partial charge in [0.1, 0.15) is 11.5 Å². The van der Waals surface area contributed by atoms with Gasteiger partial charge in [0.2, 0.25) is 0 Å². The highest BCUT2D eigenvalue weighted by Crippen LogP contribution is 2.28. The lowest BCUT2D eigenvalue weighted by Gasteiger charge is -2.10. The summed E-state index contributed by atoms with van der Waals surface area (Å²) in [5.74, 6) is -0.816. The van der Waals surface area contributed by atoms with Gasteiger partial charge in [0.25, 0.3) is 0 Å². The summed E-state index contributed by atoms with van der Waals surface area (Å²) in [4.78, 5) is 0. The SMILES string of the molecule is CC.Cc1ccc(Oc2cc(F)c(F)cc2C)cc1C. The first-order valence-electron chi connectivity index (χ1n) is 6.68. The molecule has 0 bridgehead atoms. The third-order valence-corrected chi connectivity index (χ3v) is 2.92. The zero-order chi connectivity index (χ0) is 15.3. The van der Waals surface area contributed by atoms with E-state index < -0.39 is 11.6 Å². The molecule has 3 heteroatoms. The van der Waals surface area contributed by atoms with E-state index >= 15 is 0 Å². The Morgan fingerprint density at radius 3 is 1.95 bits per heavy atom. The molecule has 0 atom stereocenters. The summed E-state index contributed by atoms with van der Waals surface area (Å²) in [6.07, 6.45) is 0. The molecule has 108 valence electrons. The van der Waals surface area contributed by atoms with E-state index in [2.05, 4.69) is 0 Å². The van der Waals surface area contributed by atoms with Gasteiger partial charge < -0.3 is 4.74 Å². The van der Waals surface area contributed by atoms with Gasteiger partial charge in [0.15, 0.2) is 11.6 Å². The fraction of sp³-hybridized carbons (Fsp3) is 0.294. The second-order valence-corrected chi connectivity index (χ2v) is 4.38. The van der Waals surface area contributed by atoms with Gasteiger partial charge in [0, 0.05) is 6.07 Å². The molecule has 20 heavy (non-hydrogen) atoms. The quantitative estimate of drug-likeness (QED) is 0.683. The molecule has 1 nitrogen and oxygen atoms in total.